The number of nitrogens with zero attached hydrogens (tertiary/aromatic N) is 1. The molecule has 0 bridgehead atoms. The molecule has 33 heavy (non-hydrogen) atoms. The highest BCUT2D eigenvalue weighted by atomic mass is 35.5. The molecule has 1 N–H and O–H groups in total. The summed E-state index contributed by atoms with van der Waals surface area (Å²) in [5, 5.41) is 9.82. The van der Waals surface area contributed by atoms with Crippen LogP contribution in [0, 0.1) is 5.41 Å². The fourth-order valence-electron chi connectivity index (χ4n) is 5.49. The Labute approximate surface area is 198 Å². The molecule has 6 nitrogen and oxygen atoms in total. The van der Waals surface area contributed by atoms with Gasteiger partial charge in [0.1, 0.15) is 11.9 Å². The van der Waals surface area contributed by atoms with Crippen molar-refractivity contribution in [2.24, 2.45) is 5.41 Å². The molecule has 0 aromatic heterocycles. The summed E-state index contributed by atoms with van der Waals surface area (Å²) < 4.78 is 10.8. The van der Waals surface area contributed by atoms with E-state index in [2.05, 4.69) is 12.1 Å². The first-order chi connectivity index (χ1) is 15.9. The zero-order valence-electron chi connectivity index (χ0n) is 18.7. The molecule has 7 heteroatoms. The molecule has 0 radical (unpaired) electrons. The van der Waals surface area contributed by atoms with Crippen LogP contribution in [0.3, 0.4) is 0 Å². The lowest BCUT2D eigenvalue weighted by atomic mass is 9.88. The van der Waals surface area contributed by atoms with E-state index in [1.165, 1.54) is 18.7 Å². The molecule has 2 aliphatic heterocycles. The zero-order chi connectivity index (χ0) is 23.2. The summed E-state index contributed by atoms with van der Waals surface area (Å²) in [5.41, 5.74) is 3.22. The van der Waals surface area contributed by atoms with Gasteiger partial charge in [0, 0.05) is 25.3 Å². The van der Waals surface area contributed by atoms with E-state index in [1.807, 2.05) is 17.0 Å². The molecule has 1 unspecified atom stereocenters. The Kier molecular flexibility index (Phi) is 5.83. The number of methoxy groups -OCH3 is 1. The van der Waals surface area contributed by atoms with Gasteiger partial charge in [0.2, 0.25) is 0 Å². The van der Waals surface area contributed by atoms with Crippen LogP contribution in [0.2, 0.25) is 5.02 Å². The van der Waals surface area contributed by atoms with Gasteiger partial charge < -0.3 is 19.5 Å². The van der Waals surface area contributed by atoms with Crippen LogP contribution in [0.1, 0.15) is 53.9 Å². The average molecular weight is 470 g/mol. The first-order valence-corrected chi connectivity index (χ1v) is 11.9. The third-order valence-corrected chi connectivity index (χ3v) is 7.99. The molecule has 2 aromatic rings. The Morgan fingerprint density at radius 2 is 1.91 bits per heavy atom. The Morgan fingerprint density at radius 3 is 2.52 bits per heavy atom. The van der Waals surface area contributed by atoms with Crippen LogP contribution >= 0.6 is 11.6 Å². The molecule has 1 amide bonds. The minimum absolute atomic E-state index is 0.140. The van der Waals surface area contributed by atoms with Crippen LogP contribution in [-0.2, 0) is 9.53 Å². The number of carboxylic acid groups (broad SMARTS) is 1. The summed E-state index contributed by atoms with van der Waals surface area (Å²) >= 11 is 6.48. The maximum absolute atomic E-state index is 12.6. The highest BCUT2D eigenvalue weighted by Gasteiger charge is 2.55. The molecular weight excluding hydrogens is 442 g/mol. The van der Waals surface area contributed by atoms with Crippen molar-refractivity contribution in [3.05, 3.63) is 52.5 Å². The molecular formula is C26H28ClNO5. The summed E-state index contributed by atoms with van der Waals surface area (Å²) in [5.74, 6) is -0.00475. The van der Waals surface area contributed by atoms with E-state index in [4.69, 9.17) is 21.1 Å². The van der Waals surface area contributed by atoms with Gasteiger partial charge in [0.25, 0.3) is 5.91 Å². The molecule has 1 spiro atoms. The maximum Gasteiger partial charge on any atom is 0.335 e. The van der Waals surface area contributed by atoms with E-state index in [1.54, 1.807) is 6.07 Å². The predicted octanol–water partition coefficient (Wildman–Crippen LogP) is 4.99. The standard InChI is InChI=1S/C26H28ClNO5/c1-32-22-14-18(25(30)31)13-19(23(22)27)16-4-6-17(7-5-16)20-15-26(20)8-10-28(11-9-26)24(29)21-3-2-12-33-21/h4-7,13-14,20-21H,2-3,8-12,15H2,1H3,(H,30,31)/t20-,21?/m0/s1. The summed E-state index contributed by atoms with van der Waals surface area (Å²) in [4.78, 5) is 26.1. The number of ether oxygens (including phenoxy) is 2. The summed E-state index contributed by atoms with van der Waals surface area (Å²) in [6, 6.07) is 11.3. The number of hydrogen-bond donors (Lipinski definition) is 1. The largest absolute Gasteiger partial charge is 0.495 e. The van der Waals surface area contributed by atoms with Crippen molar-refractivity contribution in [3.63, 3.8) is 0 Å². The van der Waals surface area contributed by atoms with E-state index < -0.39 is 5.97 Å². The van der Waals surface area contributed by atoms with Gasteiger partial charge in [-0.05, 0) is 66.7 Å². The molecule has 3 aliphatic rings. The number of carboxylic acids is 1. The number of hydrogen-bond acceptors (Lipinski definition) is 4. The van der Waals surface area contributed by atoms with E-state index in [9.17, 15) is 14.7 Å². The Hall–Kier alpha value is -2.57. The van der Waals surface area contributed by atoms with Crippen LogP contribution in [0.4, 0.5) is 0 Å². The van der Waals surface area contributed by atoms with Crippen molar-refractivity contribution in [2.45, 2.75) is 44.1 Å². The first kappa shape index (κ1) is 22.2. The summed E-state index contributed by atoms with van der Waals surface area (Å²) in [6.07, 6.45) is 4.80. The molecule has 1 aliphatic carbocycles. The number of halogens is 1. The monoisotopic (exact) mass is 469 g/mol. The lowest BCUT2D eigenvalue weighted by Crippen LogP contribution is -2.44. The molecule has 2 atom stereocenters. The molecule has 5 rings (SSSR count). The molecule has 3 fully saturated rings. The van der Waals surface area contributed by atoms with Gasteiger partial charge in [-0.1, -0.05) is 35.9 Å². The van der Waals surface area contributed by atoms with Crippen molar-refractivity contribution in [3.8, 4) is 16.9 Å². The second-order valence-electron chi connectivity index (χ2n) is 9.41. The van der Waals surface area contributed by atoms with Gasteiger partial charge in [0.05, 0.1) is 17.7 Å². The zero-order valence-corrected chi connectivity index (χ0v) is 19.4. The molecule has 1 saturated carbocycles. The van der Waals surface area contributed by atoms with E-state index in [-0.39, 0.29) is 17.6 Å². The van der Waals surface area contributed by atoms with E-state index in [0.29, 0.717) is 34.3 Å². The second-order valence-corrected chi connectivity index (χ2v) is 9.79. The first-order valence-electron chi connectivity index (χ1n) is 11.5. The highest BCUT2D eigenvalue weighted by Crippen LogP contribution is 2.65. The van der Waals surface area contributed by atoms with Gasteiger partial charge in [-0.3, -0.25) is 4.79 Å². The van der Waals surface area contributed by atoms with Gasteiger partial charge in [-0.2, -0.15) is 0 Å². The molecule has 2 aromatic carbocycles. The van der Waals surface area contributed by atoms with Crippen molar-refractivity contribution in [1.29, 1.82) is 0 Å². The van der Waals surface area contributed by atoms with Crippen molar-refractivity contribution in [1.82, 2.24) is 4.90 Å². The normalized spacial score (nSPS) is 23.5. The minimum Gasteiger partial charge on any atom is -0.495 e. The van der Waals surface area contributed by atoms with Crippen LogP contribution in [0.15, 0.2) is 36.4 Å². The van der Waals surface area contributed by atoms with Gasteiger partial charge >= 0.3 is 5.97 Å². The molecule has 2 saturated heterocycles. The SMILES string of the molecule is COc1cc(C(=O)O)cc(-c2ccc([C@@H]3CC34CCN(C(=O)C3CCCO3)CC4)cc2)c1Cl. The molecule has 174 valence electrons. The third kappa shape index (κ3) is 4.11. The Bertz CT molecular complexity index is 1070. The maximum atomic E-state index is 12.6. The minimum atomic E-state index is -1.02. The Morgan fingerprint density at radius 1 is 1.18 bits per heavy atom. The van der Waals surface area contributed by atoms with Gasteiger partial charge in [-0.25, -0.2) is 4.79 Å². The quantitative estimate of drug-likeness (QED) is 0.667. The number of piperidine rings is 1. The number of amides is 1. The number of likely N-dealkylation sites (tertiary alicyclic amines) is 1. The second kappa shape index (κ2) is 8.65. The number of aromatic carboxylic acids is 1. The average Bonchev–Trinajstić information content (AvgIpc) is 3.25. The lowest BCUT2D eigenvalue weighted by molar-refractivity contribution is -0.142. The smallest absolute Gasteiger partial charge is 0.335 e. The number of carbonyl (C=O) groups excluding carboxylic acids is 1. The van der Waals surface area contributed by atoms with Crippen molar-refractivity contribution >= 4 is 23.5 Å². The highest BCUT2D eigenvalue weighted by molar-refractivity contribution is 6.35. The number of benzene rings is 2. The van der Waals surface area contributed by atoms with E-state index >= 15 is 0 Å². The topological polar surface area (TPSA) is 76.1 Å². The van der Waals surface area contributed by atoms with Crippen LogP contribution in [0.25, 0.3) is 11.1 Å². The van der Waals surface area contributed by atoms with Crippen LogP contribution in [0.5, 0.6) is 5.75 Å². The Balaban J connectivity index is 1.28. The summed E-state index contributed by atoms with van der Waals surface area (Å²) in [6.45, 7) is 2.32. The van der Waals surface area contributed by atoms with Crippen molar-refractivity contribution < 1.29 is 24.2 Å². The van der Waals surface area contributed by atoms with E-state index in [0.717, 1.165) is 50.8 Å². The fourth-order valence-corrected chi connectivity index (χ4v) is 5.79. The summed E-state index contributed by atoms with van der Waals surface area (Å²) in [7, 11) is 1.48. The van der Waals surface area contributed by atoms with Gasteiger partial charge in [0.15, 0.2) is 0 Å². The third-order valence-electron chi connectivity index (χ3n) is 7.60. The van der Waals surface area contributed by atoms with Crippen molar-refractivity contribution in [2.75, 3.05) is 26.8 Å². The van der Waals surface area contributed by atoms with Gasteiger partial charge in [-0.15, -0.1) is 0 Å². The fraction of sp³-hybridized carbons (Fsp3) is 0.462. The predicted molar refractivity (Wildman–Crippen MR) is 125 cm³/mol. The van der Waals surface area contributed by atoms with Crippen LogP contribution < -0.4 is 4.74 Å². The number of rotatable bonds is 5. The molecule has 2 heterocycles. The number of carbonyl (C=O) groups is 2. The van der Waals surface area contributed by atoms with Crippen LogP contribution in [-0.4, -0.2) is 54.8 Å². The lowest BCUT2D eigenvalue weighted by Gasteiger charge is -2.34.